The number of fused-ring (bicyclic) bond motifs is 2. The zero-order valence-electron chi connectivity index (χ0n) is 20.5. The van der Waals surface area contributed by atoms with Crippen LogP contribution in [0.15, 0.2) is 23.1 Å². The number of likely N-dealkylation sites (tertiary alicyclic amines) is 1. The maximum Gasteiger partial charge on any atom is 0.503 e. The van der Waals surface area contributed by atoms with Crippen LogP contribution in [-0.4, -0.2) is 63.2 Å². The van der Waals surface area contributed by atoms with E-state index in [-0.39, 0.29) is 46.1 Å². The molecule has 36 heavy (non-hydrogen) atoms. The fourth-order valence-electron chi connectivity index (χ4n) is 5.21. The molecule has 1 aliphatic carbocycles. The van der Waals surface area contributed by atoms with Crippen molar-refractivity contribution in [3.8, 4) is 0 Å². The normalized spacial score (nSPS) is 21.6. The molecule has 1 aromatic heterocycles. The number of nitrogens with zero attached hydrogens (tertiary/aromatic N) is 3. The number of benzene rings is 1. The number of anilines is 1. The lowest BCUT2D eigenvalue weighted by molar-refractivity contribution is 0.00668. The highest BCUT2D eigenvalue weighted by Gasteiger charge is 2.44. The fraction of sp³-hybridized carbons (Fsp3) is 0.560. The molecule has 2 aromatic rings. The van der Waals surface area contributed by atoms with Crippen molar-refractivity contribution in [2.24, 2.45) is 5.92 Å². The summed E-state index contributed by atoms with van der Waals surface area (Å²) < 4.78 is 38.3. The smallest absolute Gasteiger partial charge is 0.450 e. The van der Waals surface area contributed by atoms with Gasteiger partial charge in [-0.15, -0.1) is 0 Å². The van der Waals surface area contributed by atoms with Crippen LogP contribution in [0, 0.1) is 17.6 Å². The second-order valence-corrected chi connectivity index (χ2v) is 10.6. The van der Waals surface area contributed by atoms with Crippen LogP contribution in [0.3, 0.4) is 0 Å². The molecule has 0 radical (unpaired) electrons. The van der Waals surface area contributed by atoms with E-state index in [4.69, 9.17) is 19.7 Å². The molecule has 1 saturated carbocycles. The van der Waals surface area contributed by atoms with Gasteiger partial charge in [0.05, 0.1) is 16.9 Å². The predicted molar refractivity (Wildman–Crippen MR) is 129 cm³/mol. The third kappa shape index (κ3) is 5.24. The first-order valence-corrected chi connectivity index (χ1v) is 12.1. The van der Waals surface area contributed by atoms with Crippen LogP contribution in [0.2, 0.25) is 0 Å². The van der Waals surface area contributed by atoms with Crippen molar-refractivity contribution in [1.82, 2.24) is 9.47 Å². The minimum atomic E-state index is -1.83. The Morgan fingerprint density at radius 3 is 2.39 bits per heavy atom. The highest BCUT2D eigenvalue weighted by molar-refractivity contribution is 5.84. The van der Waals surface area contributed by atoms with E-state index in [2.05, 4.69) is 0 Å². The Labute approximate surface area is 206 Å². The molecule has 0 unspecified atom stereocenters. The first kappa shape index (κ1) is 25.7. The summed E-state index contributed by atoms with van der Waals surface area (Å²) in [6.07, 6.45) is 2.96. The van der Waals surface area contributed by atoms with Gasteiger partial charge in [-0.05, 0) is 58.4 Å². The molecule has 3 heterocycles. The van der Waals surface area contributed by atoms with Crippen molar-refractivity contribution >= 4 is 28.8 Å². The number of pyridine rings is 1. The standard InChI is InChI=1S/C24H29F2N3O3.CH2O3/c1-24(2,3)32-23(31)29-9-4-5-14-12-27(13-18(14)29)22-17(25)11-16-19(30)8-10-28(15-6-7-15)21(16)20(22)26;2-1(3)4/h8,10-11,14-15,18H,4-7,9,12-13H2,1-3H3;(H2,2,3,4)/t14-,18+;/m0./s1. The van der Waals surface area contributed by atoms with E-state index in [1.165, 1.54) is 12.1 Å². The van der Waals surface area contributed by atoms with Gasteiger partial charge in [-0.25, -0.2) is 18.4 Å². The molecule has 2 N–H and O–H groups in total. The second kappa shape index (κ2) is 9.59. The molecule has 0 spiro atoms. The molecule has 11 heteroatoms. The Kier molecular flexibility index (Phi) is 6.85. The molecule has 5 rings (SSSR count). The average Bonchev–Trinajstić information content (AvgIpc) is 3.51. The number of ether oxygens (including phenoxy) is 1. The maximum atomic E-state index is 15.8. The zero-order valence-corrected chi connectivity index (χ0v) is 20.5. The van der Waals surface area contributed by atoms with Gasteiger partial charge in [0.2, 0.25) is 0 Å². The van der Waals surface area contributed by atoms with E-state index in [0.29, 0.717) is 19.6 Å². The van der Waals surface area contributed by atoms with Crippen molar-refractivity contribution in [3.63, 3.8) is 0 Å². The van der Waals surface area contributed by atoms with E-state index < -0.39 is 23.4 Å². The van der Waals surface area contributed by atoms with Gasteiger partial charge in [0, 0.05) is 37.9 Å². The van der Waals surface area contributed by atoms with Gasteiger partial charge in [-0.2, -0.15) is 0 Å². The van der Waals surface area contributed by atoms with Crippen molar-refractivity contribution in [2.75, 3.05) is 24.5 Å². The number of rotatable bonds is 2. The topological polar surface area (TPSA) is 112 Å². The van der Waals surface area contributed by atoms with E-state index in [1.807, 2.05) is 20.8 Å². The fourth-order valence-corrected chi connectivity index (χ4v) is 5.21. The Hall–Kier alpha value is -3.37. The minimum Gasteiger partial charge on any atom is -0.450 e. The van der Waals surface area contributed by atoms with E-state index in [0.717, 1.165) is 25.7 Å². The largest absolute Gasteiger partial charge is 0.503 e. The van der Waals surface area contributed by atoms with Gasteiger partial charge in [0.25, 0.3) is 0 Å². The van der Waals surface area contributed by atoms with E-state index in [1.54, 1.807) is 20.6 Å². The summed E-state index contributed by atoms with van der Waals surface area (Å²) in [7, 11) is 0. The zero-order chi connectivity index (χ0) is 26.4. The van der Waals surface area contributed by atoms with Crippen molar-refractivity contribution in [2.45, 2.75) is 64.1 Å². The molecule has 1 aromatic carbocycles. The second-order valence-electron chi connectivity index (χ2n) is 10.6. The molecule has 196 valence electrons. The molecule has 2 atom stereocenters. The molecule has 0 bridgehead atoms. The van der Waals surface area contributed by atoms with Crippen LogP contribution in [-0.2, 0) is 4.74 Å². The lowest BCUT2D eigenvalue weighted by Gasteiger charge is -2.37. The average molecular weight is 508 g/mol. The summed E-state index contributed by atoms with van der Waals surface area (Å²) in [5.74, 6) is -1.30. The molecule has 2 saturated heterocycles. The Morgan fingerprint density at radius 1 is 1.11 bits per heavy atom. The van der Waals surface area contributed by atoms with E-state index >= 15 is 8.78 Å². The number of hydrogen-bond donors (Lipinski definition) is 2. The van der Waals surface area contributed by atoms with Crippen LogP contribution >= 0.6 is 0 Å². The van der Waals surface area contributed by atoms with Gasteiger partial charge >= 0.3 is 12.2 Å². The predicted octanol–water partition coefficient (Wildman–Crippen LogP) is 4.67. The summed E-state index contributed by atoms with van der Waals surface area (Å²) in [5.41, 5.74) is -0.913. The number of carboxylic acid groups (broad SMARTS) is 2. The Bertz CT molecular complexity index is 1230. The first-order valence-electron chi connectivity index (χ1n) is 12.1. The molecule has 9 nitrogen and oxygen atoms in total. The van der Waals surface area contributed by atoms with Crippen LogP contribution in [0.4, 0.5) is 24.1 Å². The number of piperidine rings is 1. The highest BCUT2D eigenvalue weighted by Crippen LogP contribution is 2.41. The molecule has 1 amide bonds. The SMILES string of the molecule is CC(C)(C)OC(=O)N1CCC[C@H]2CN(c3c(F)cc4c(=O)ccn(C5CC5)c4c3F)C[C@H]21.O=C(O)O. The lowest BCUT2D eigenvalue weighted by Crippen LogP contribution is -2.50. The number of amides is 1. The van der Waals surface area contributed by atoms with Gasteiger partial charge < -0.3 is 29.3 Å². The van der Waals surface area contributed by atoms with Crippen LogP contribution < -0.4 is 10.3 Å². The number of hydrogen-bond acceptors (Lipinski definition) is 5. The first-order chi connectivity index (χ1) is 16.9. The van der Waals surface area contributed by atoms with Gasteiger partial charge in [0.15, 0.2) is 11.2 Å². The van der Waals surface area contributed by atoms with Crippen LogP contribution in [0.25, 0.3) is 10.9 Å². The maximum absolute atomic E-state index is 15.8. The van der Waals surface area contributed by atoms with Crippen molar-refractivity contribution < 1.29 is 33.3 Å². The van der Waals surface area contributed by atoms with E-state index in [9.17, 15) is 9.59 Å². The monoisotopic (exact) mass is 507 g/mol. The quantitative estimate of drug-likeness (QED) is 0.607. The third-order valence-corrected chi connectivity index (χ3v) is 6.74. The van der Waals surface area contributed by atoms with Gasteiger partial charge in [-0.1, -0.05) is 0 Å². The van der Waals surface area contributed by atoms with Gasteiger partial charge in [0.1, 0.15) is 17.1 Å². The summed E-state index contributed by atoms with van der Waals surface area (Å²) in [5, 5.41) is 14.0. The molecule has 3 aliphatic rings. The summed E-state index contributed by atoms with van der Waals surface area (Å²) >= 11 is 0. The van der Waals surface area contributed by atoms with Gasteiger partial charge in [-0.3, -0.25) is 4.79 Å². The summed E-state index contributed by atoms with van der Waals surface area (Å²) in [4.78, 5) is 37.1. The van der Waals surface area contributed by atoms with Crippen molar-refractivity contribution in [3.05, 3.63) is 40.2 Å². The lowest BCUT2D eigenvalue weighted by atomic mass is 9.92. The third-order valence-electron chi connectivity index (χ3n) is 6.74. The molecule has 2 aliphatic heterocycles. The summed E-state index contributed by atoms with van der Waals surface area (Å²) in [6, 6.07) is 2.54. The number of halogens is 2. The molecule has 3 fully saturated rings. The molecular formula is C25H31F2N3O6. The molecular weight excluding hydrogens is 476 g/mol. The van der Waals surface area contributed by atoms with Crippen molar-refractivity contribution in [1.29, 1.82) is 0 Å². The Balaban J connectivity index is 0.000000709. The highest BCUT2D eigenvalue weighted by atomic mass is 19.1. The van der Waals surface area contributed by atoms with Crippen LogP contribution in [0.5, 0.6) is 0 Å². The minimum absolute atomic E-state index is 0.0742. The number of carbonyl (C=O) groups excluding carboxylic acids is 1. The summed E-state index contributed by atoms with van der Waals surface area (Å²) in [6.45, 7) is 6.85. The Morgan fingerprint density at radius 2 is 1.78 bits per heavy atom. The van der Waals surface area contributed by atoms with Crippen LogP contribution in [0.1, 0.15) is 52.5 Å². The number of aromatic nitrogens is 1. The number of carbonyl (C=O) groups is 2.